The van der Waals surface area contributed by atoms with Gasteiger partial charge in [-0.15, -0.1) is 35.3 Å². The SMILES string of the molecule is CCNC(=NCC1(C)COC1)N(C)Cc1ccc(Br)s1.I. The van der Waals surface area contributed by atoms with Gasteiger partial charge in [-0.05, 0) is 35.0 Å². The predicted octanol–water partition coefficient (Wildman–Crippen LogP) is 3.56. The number of aliphatic imine (C=N–C) groups is 1. The van der Waals surface area contributed by atoms with Crippen molar-refractivity contribution in [2.75, 3.05) is 33.4 Å². The summed E-state index contributed by atoms with van der Waals surface area (Å²) in [5, 5.41) is 3.36. The van der Waals surface area contributed by atoms with Crippen molar-refractivity contribution in [3.63, 3.8) is 0 Å². The first-order valence-electron chi connectivity index (χ1n) is 6.84. The summed E-state index contributed by atoms with van der Waals surface area (Å²) in [5.41, 5.74) is 0.216. The molecule has 0 bridgehead atoms. The highest BCUT2D eigenvalue weighted by molar-refractivity contribution is 14.0. The second-order valence-electron chi connectivity index (χ2n) is 5.54. The average molecular weight is 488 g/mol. The summed E-state index contributed by atoms with van der Waals surface area (Å²) < 4.78 is 6.45. The minimum absolute atomic E-state index is 0. The van der Waals surface area contributed by atoms with Crippen LogP contribution in [0.2, 0.25) is 0 Å². The smallest absolute Gasteiger partial charge is 0.194 e. The van der Waals surface area contributed by atoms with Crippen LogP contribution in [0.3, 0.4) is 0 Å². The molecule has 0 radical (unpaired) electrons. The fourth-order valence-corrected chi connectivity index (χ4v) is 3.56. The number of halogens is 2. The zero-order chi connectivity index (χ0) is 14.6. The molecule has 1 fully saturated rings. The standard InChI is InChI=1S/C14H22BrN3OS.HI/c1-4-16-13(17-8-14(2)9-19-10-14)18(3)7-11-5-6-12(15)20-11;/h5-6H,4,7-10H2,1-3H3,(H,16,17);1H. The van der Waals surface area contributed by atoms with E-state index in [-0.39, 0.29) is 29.4 Å². The van der Waals surface area contributed by atoms with E-state index in [1.807, 2.05) is 0 Å². The molecule has 1 saturated heterocycles. The number of thiophene rings is 1. The van der Waals surface area contributed by atoms with Crippen molar-refractivity contribution >= 4 is 57.2 Å². The first-order chi connectivity index (χ1) is 9.52. The summed E-state index contributed by atoms with van der Waals surface area (Å²) in [6, 6.07) is 4.24. The van der Waals surface area contributed by atoms with Crippen molar-refractivity contribution in [2.24, 2.45) is 10.4 Å². The lowest BCUT2D eigenvalue weighted by Gasteiger charge is -2.37. The summed E-state index contributed by atoms with van der Waals surface area (Å²) >= 11 is 5.27. The number of rotatable bonds is 5. The summed E-state index contributed by atoms with van der Waals surface area (Å²) in [6.45, 7) is 8.52. The Morgan fingerprint density at radius 2 is 2.24 bits per heavy atom. The molecular formula is C14H23BrIN3OS. The molecular weight excluding hydrogens is 465 g/mol. The second kappa shape index (κ2) is 8.69. The normalized spacial score (nSPS) is 16.9. The number of nitrogens with one attached hydrogen (secondary N) is 1. The Hall–Kier alpha value is 0.140. The molecule has 1 aromatic heterocycles. The Kier molecular flexibility index (Phi) is 7.94. The van der Waals surface area contributed by atoms with Gasteiger partial charge in [0.15, 0.2) is 5.96 Å². The van der Waals surface area contributed by atoms with Crippen LogP contribution in [-0.4, -0.2) is 44.2 Å². The van der Waals surface area contributed by atoms with Gasteiger partial charge in [-0.25, -0.2) is 0 Å². The molecule has 1 aliphatic rings. The Morgan fingerprint density at radius 1 is 1.52 bits per heavy atom. The lowest BCUT2D eigenvalue weighted by atomic mass is 9.89. The number of hydrogen-bond acceptors (Lipinski definition) is 3. The first-order valence-corrected chi connectivity index (χ1v) is 8.45. The van der Waals surface area contributed by atoms with E-state index in [0.717, 1.165) is 38.8 Å². The van der Waals surface area contributed by atoms with Crippen molar-refractivity contribution in [1.82, 2.24) is 10.2 Å². The van der Waals surface area contributed by atoms with Crippen LogP contribution >= 0.6 is 51.2 Å². The Morgan fingerprint density at radius 3 is 2.71 bits per heavy atom. The molecule has 0 spiro atoms. The molecule has 0 amide bonds. The van der Waals surface area contributed by atoms with Gasteiger partial charge in [-0.2, -0.15) is 0 Å². The van der Waals surface area contributed by atoms with E-state index in [4.69, 9.17) is 9.73 Å². The summed E-state index contributed by atoms with van der Waals surface area (Å²) in [7, 11) is 2.08. The van der Waals surface area contributed by atoms with E-state index in [1.165, 1.54) is 8.66 Å². The Bertz CT molecular complexity index is 477. The monoisotopic (exact) mass is 487 g/mol. The fraction of sp³-hybridized carbons (Fsp3) is 0.643. The summed E-state index contributed by atoms with van der Waals surface area (Å²) in [6.07, 6.45) is 0. The van der Waals surface area contributed by atoms with Crippen LogP contribution in [0.15, 0.2) is 20.9 Å². The lowest BCUT2D eigenvalue weighted by molar-refractivity contribution is -0.0945. The van der Waals surface area contributed by atoms with Crippen LogP contribution in [-0.2, 0) is 11.3 Å². The van der Waals surface area contributed by atoms with Gasteiger partial charge in [0.1, 0.15) is 0 Å². The van der Waals surface area contributed by atoms with Crippen LogP contribution < -0.4 is 5.32 Å². The molecule has 0 unspecified atom stereocenters. The second-order valence-corrected chi connectivity index (χ2v) is 8.08. The van der Waals surface area contributed by atoms with Crippen LogP contribution in [0.5, 0.6) is 0 Å². The van der Waals surface area contributed by atoms with Gasteiger partial charge in [-0.1, -0.05) is 6.92 Å². The first kappa shape index (κ1) is 19.2. The van der Waals surface area contributed by atoms with Gasteiger partial charge in [0.25, 0.3) is 0 Å². The maximum absolute atomic E-state index is 5.28. The third-order valence-corrected chi connectivity index (χ3v) is 4.84. The van der Waals surface area contributed by atoms with Crippen LogP contribution in [0.25, 0.3) is 0 Å². The third-order valence-electron chi connectivity index (χ3n) is 3.23. The minimum Gasteiger partial charge on any atom is -0.380 e. The summed E-state index contributed by atoms with van der Waals surface area (Å²) in [5.74, 6) is 0.963. The van der Waals surface area contributed by atoms with E-state index in [1.54, 1.807) is 11.3 Å². The molecule has 7 heteroatoms. The topological polar surface area (TPSA) is 36.9 Å². The molecule has 1 aromatic rings. The molecule has 0 atom stereocenters. The zero-order valence-corrected chi connectivity index (χ0v) is 17.4. The van der Waals surface area contributed by atoms with Gasteiger partial charge in [-0.3, -0.25) is 4.99 Å². The molecule has 21 heavy (non-hydrogen) atoms. The van der Waals surface area contributed by atoms with Crippen molar-refractivity contribution in [3.05, 3.63) is 20.8 Å². The highest BCUT2D eigenvalue weighted by atomic mass is 127. The maximum atomic E-state index is 5.28. The molecule has 1 aliphatic heterocycles. The molecule has 1 N–H and O–H groups in total. The van der Waals surface area contributed by atoms with Crippen molar-refractivity contribution in [2.45, 2.75) is 20.4 Å². The van der Waals surface area contributed by atoms with Gasteiger partial charge < -0.3 is 15.0 Å². The molecule has 0 aliphatic carbocycles. The zero-order valence-electron chi connectivity index (χ0n) is 12.7. The molecule has 4 nitrogen and oxygen atoms in total. The number of guanidine groups is 1. The van der Waals surface area contributed by atoms with Crippen molar-refractivity contribution in [1.29, 1.82) is 0 Å². The lowest BCUT2D eigenvalue weighted by Crippen LogP contribution is -2.44. The van der Waals surface area contributed by atoms with E-state index in [2.05, 4.69) is 59.2 Å². The van der Waals surface area contributed by atoms with Gasteiger partial charge in [0.2, 0.25) is 0 Å². The number of nitrogens with zero attached hydrogens (tertiary/aromatic N) is 2. The van der Waals surface area contributed by atoms with Gasteiger partial charge in [0, 0.05) is 23.9 Å². The highest BCUT2D eigenvalue weighted by Crippen LogP contribution is 2.27. The van der Waals surface area contributed by atoms with Crippen molar-refractivity contribution in [3.8, 4) is 0 Å². The summed E-state index contributed by atoms with van der Waals surface area (Å²) in [4.78, 5) is 8.25. The largest absolute Gasteiger partial charge is 0.380 e. The highest BCUT2D eigenvalue weighted by Gasteiger charge is 2.33. The molecule has 2 rings (SSSR count). The van der Waals surface area contributed by atoms with E-state index in [9.17, 15) is 0 Å². The number of ether oxygens (including phenoxy) is 1. The quantitative estimate of drug-likeness (QED) is 0.392. The molecule has 120 valence electrons. The van der Waals surface area contributed by atoms with E-state index < -0.39 is 0 Å². The molecule has 0 aromatic carbocycles. The van der Waals surface area contributed by atoms with Crippen molar-refractivity contribution < 1.29 is 4.74 Å². The third kappa shape index (κ3) is 5.69. The average Bonchev–Trinajstić information content (AvgIpc) is 2.77. The van der Waals surface area contributed by atoms with Crippen LogP contribution in [0, 0.1) is 5.41 Å². The predicted molar refractivity (Wildman–Crippen MR) is 104 cm³/mol. The van der Waals surface area contributed by atoms with Gasteiger partial charge in [0.05, 0.1) is 30.1 Å². The minimum atomic E-state index is 0. The fourth-order valence-electron chi connectivity index (χ4n) is 2.02. The van der Waals surface area contributed by atoms with Crippen LogP contribution in [0.4, 0.5) is 0 Å². The molecule has 2 heterocycles. The van der Waals surface area contributed by atoms with E-state index >= 15 is 0 Å². The molecule has 0 saturated carbocycles. The van der Waals surface area contributed by atoms with E-state index in [0.29, 0.717) is 0 Å². The van der Waals surface area contributed by atoms with Gasteiger partial charge >= 0.3 is 0 Å². The number of hydrogen-bond donors (Lipinski definition) is 1. The Labute approximate surface area is 156 Å². The maximum Gasteiger partial charge on any atom is 0.194 e. The van der Waals surface area contributed by atoms with Crippen LogP contribution in [0.1, 0.15) is 18.7 Å². The Balaban J connectivity index is 0.00000220.